The van der Waals surface area contributed by atoms with Crippen LogP contribution in [-0.2, 0) is 14.3 Å². The predicted molar refractivity (Wildman–Crippen MR) is 67.3 cm³/mol. The van der Waals surface area contributed by atoms with Crippen molar-refractivity contribution in [1.82, 2.24) is 5.32 Å². The summed E-state index contributed by atoms with van der Waals surface area (Å²) in [6.07, 6.45) is -2.38. The zero-order chi connectivity index (χ0) is 14.7. The predicted octanol–water partition coefficient (Wildman–Crippen LogP) is 2.16. The van der Waals surface area contributed by atoms with Crippen molar-refractivity contribution in [1.29, 1.82) is 0 Å². The second kappa shape index (κ2) is 5.98. The molecule has 1 aliphatic rings. The molecule has 1 amide bonds. The Bertz CT molecular complexity index is 502. The minimum atomic E-state index is -2.53. The third kappa shape index (κ3) is 2.95. The van der Waals surface area contributed by atoms with E-state index in [9.17, 15) is 18.4 Å². The summed E-state index contributed by atoms with van der Waals surface area (Å²) >= 11 is 0. The average Bonchev–Trinajstić information content (AvgIpc) is 2.81. The van der Waals surface area contributed by atoms with Crippen LogP contribution in [0.5, 0.6) is 0 Å². The number of nitrogens with one attached hydrogen (secondary N) is 1. The molecular weight excluding hydrogens is 268 g/mol. The topological polar surface area (TPSA) is 55.4 Å². The monoisotopic (exact) mass is 283 g/mol. The van der Waals surface area contributed by atoms with Gasteiger partial charge in [0.05, 0.1) is 6.61 Å². The fourth-order valence-electron chi connectivity index (χ4n) is 2.30. The maximum Gasteiger partial charge on any atom is 0.329 e. The van der Waals surface area contributed by atoms with Crippen molar-refractivity contribution in [2.75, 3.05) is 6.61 Å². The lowest BCUT2D eigenvalue weighted by Gasteiger charge is -2.17. The van der Waals surface area contributed by atoms with Gasteiger partial charge < -0.3 is 10.1 Å². The van der Waals surface area contributed by atoms with Gasteiger partial charge in [-0.05, 0) is 12.5 Å². The van der Waals surface area contributed by atoms with Crippen LogP contribution < -0.4 is 5.32 Å². The first-order chi connectivity index (χ1) is 9.52. The second-order valence-electron chi connectivity index (χ2n) is 4.58. The van der Waals surface area contributed by atoms with Crippen molar-refractivity contribution in [3.63, 3.8) is 0 Å². The van der Waals surface area contributed by atoms with E-state index < -0.39 is 18.4 Å². The van der Waals surface area contributed by atoms with E-state index in [2.05, 4.69) is 5.32 Å². The van der Waals surface area contributed by atoms with Gasteiger partial charge in [0.15, 0.2) is 0 Å². The Morgan fingerprint density at radius 3 is 2.60 bits per heavy atom. The van der Waals surface area contributed by atoms with E-state index in [4.69, 9.17) is 4.74 Å². The second-order valence-corrected chi connectivity index (χ2v) is 4.58. The van der Waals surface area contributed by atoms with Crippen molar-refractivity contribution in [3.8, 4) is 0 Å². The molecule has 1 heterocycles. The van der Waals surface area contributed by atoms with E-state index >= 15 is 0 Å². The molecule has 0 spiro atoms. The van der Waals surface area contributed by atoms with E-state index in [0.717, 1.165) is 0 Å². The Morgan fingerprint density at radius 1 is 1.40 bits per heavy atom. The highest BCUT2D eigenvalue weighted by molar-refractivity contribution is 5.90. The standard InChI is InChI=1S/C14H15F2NO3/c1-2-20-14(19)12-10(7-11(18)17-12)8-3-5-9(6-4-8)13(15)16/h3-6,10,12-13H,2,7H2,1H3,(H,17,18). The van der Waals surface area contributed by atoms with Crippen molar-refractivity contribution in [3.05, 3.63) is 35.4 Å². The number of hydrogen-bond donors (Lipinski definition) is 1. The molecule has 1 aliphatic heterocycles. The molecule has 2 rings (SSSR count). The summed E-state index contributed by atoms with van der Waals surface area (Å²) < 4.78 is 29.9. The van der Waals surface area contributed by atoms with Gasteiger partial charge in [0.1, 0.15) is 6.04 Å². The molecule has 6 heteroatoms. The Morgan fingerprint density at radius 2 is 2.05 bits per heavy atom. The van der Waals surface area contributed by atoms with Gasteiger partial charge in [-0.1, -0.05) is 24.3 Å². The Labute approximate surface area is 115 Å². The van der Waals surface area contributed by atoms with Crippen LogP contribution >= 0.6 is 0 Å². The summed E-state index contributed by atoms with van der Waals surface area (Å²) in [6, 6.07) is 4.92. The molecule has 2 atom stereocenters. The highest BCUT2D eigenvalue weighted by Crippen LogP contribution is 2.30. The van der Waals surface area contributed by atoms with E-state index in [0.29, 0.717) is 5.56 Å². The molecule has 0 radical (unpaired) electrons. The molecule has 20 heavy (non-hydrogen) atoms. The third-order valence-electron chi connectivity index (χ3n) is 3.28. The highest BCUT2D eigenvalue weighted by atomic mass is 19.3. The molecule has 1 N–H and O–H groups in total. The van der Waals surface area contributed by atoms with Gasteiger partial charge in [-0.25, -0.2) is 13.6 Å². The van der Waals surface area contributed by atoms with E-state index in [1.54, 1.807) is 6.92 Å². The van der Waals surface area contributed by atoms with E-state index in [-0.39, 0.29) is 30.4 Å². The summed E-state index contributed by atoms with van der Waals surface area (Å²) in [5.41, 5.74) is 0.588. The van der Waals surface area contributed by atoms with Gasteiger partial charge in [0.25, 0.3) is 6.43 Å². The van der Waals surface area contributed by atoms with Crippen LogP contribution in [0.25, 0.3) is 0 Å². The number of carbonyl (C=O) groups is 2. The fourth-order valence-corrected chi connectivity index (χ4v) is 2.30. The third-order valence-corrected chi connectivity index (χ3v) is 3.28. The zero-order valence-corrected chi connectivity index (χ0v) is 10.9. The summed E-state index contributed by atoms with van der Waals surface area (Å²) in [5.74, 6) is -1.12. The smallest absolute Gasteiger partial charge is 0.329 e. The summed E-state index contributed by atoms with van der Waals surface area (Å²) in [4.78, 5) is 23.3. The lowest BCUT2D eigenvalue weighted by Crippen LogP contribution is -2.37. The normalized spacial score (nSPS) is 21.9. The van der Waals surface area contributed by atoms with Gasteiger partial charge in [-0.15, -0.1) is 0 Å². The Kier molecular flexibility index (Phi) is 4.32. The molecule has 0 aromatic heterocycles. The molecule has 1 saturated heterocycles. The van der Waals surface area contributed by atoms with Crippen molar-refractivity contribution in [2.45, 2.75) is 31.7 Å². The van der Waals surface area contributed by atoms with Crippen LogP contribution in [0.3, 0.4) is 0 Å². The number of carbonyl (C=O) groups excluding carboxylic acids is 2. The number of hydrogen-bond acceptors (Lipinski definition) is 3. The molecule has 0 bridgehead atoms. The molecule has 1 fully saturated rings. The first-order valence-electron chi connectivity index (χ1n) is 6.37. The molecular formula is C14H15F2NO3. The van der Waals surface area contributed by atoms with Gasteiger partial charge in [0, 0.05) is 17.9 Å². The Balaban J connectivity index is 2.20. The molecule has 0 saturated carbocycles. The molecule has 1 aromatic rings. The van der Waals surface area contributed by atoms with Gasteiger partial charge in [-0.3, -0.25) is 4.79 Å². The number of ether oxygens (including phenoxy) is 1. The summed E-state index contributed by atoms with van der Waals surface area (Å²) in [5, 5.41) is 2.56. The number of halogens is 2. The quantitative estimate of drug-likeness (QED) is 0.861. The minimum Gasteiger partial charge on any atom is -0.464 e. The number of rotatable bonds is 4. The van der Waals surface area contributed by atoms with Crippen LogP contribution in [0.15, 0.2) is 24.3 Å². The van der Waals surface area contributed by atoms with Crippen molar-refractivity contribution in [2.24, 2.45) is 0 Å². The Hall–Kier alpha value is -1.98. The van der Waals surface area contributed by atoms with E-state index in [1.165, 1.54) is 24.3 Å². The SMILES string of the molecule is CCOC(=O)C1NC(=O)CC1c1ccc(C(F)F)cc1. The van der Waals surface area contributed by atoms with Gasteiger partial charge >= 0.3 is 5.97 Å². The zero-order valence-electron chi connectivity index (χ0n) is 10.9. The first kappa shape index (κ1) is 14.4. The fraction of sp³-hybridized carbons (Fsp3) is 0.429. The molecule has 1 aromatic carbocycles. The van der Waals surface area contributed by atoms with Crippen LogP contribution in [0, 0.1) is 0 Å². The summed E-state index contributed by atoms with van der Waals surface area (Å²) in [7, 11) is 0. The van der Waals surface area contributed by atoms with Crippen LogP contribution in [0.2, 0.25) is 0 Å². The maximum atomic E-state index is 12.5. The molecule has 0 aliphatic carbocycles. The molecule has 108 valence electrons. The van der Waals surface area contributed by atoms with Crippen LogP contribution in [-0.4, -0.2) is 24.5 Å². The van der Waals surface area contributed by atoms with Crippen LogP contribution in [0.1, 0.15) is 36.8 Å². The van der Waals surface area contributed by atoms with Gasteiger partial charge in [0.2, 0.25) is 5.91 Å². The highest BCUT2D eigenvalue weighted by Gasteiger charge is 2.39. The van der Waals surface area contributed by atoms with Gasteiger partial charge in [-0.2, -0.15) is 0 Å². The van der Waals surface area contributed by atoms with Crippen molar-refractivity contribution < 1.29 is 23.1 Å². The van der Waals surface area contributed by atoms with E-state index in [1.807, 2.05) is 0 Å². The van der Waals surface area contributed by atoms with Crippen LogP contribution in [0.4, 0.5) is 8.78 Å². The average molecular weight is 283 g/mol. The number of esters is 1. The molecule has 4 nitrogen and oxygen atoms in total. The number of benzene rings is 1. The number of alkyl halides is 2. The largest absolute Gasteiger partial charge is 0.464 e. The lowest BCUT2D eigenvalue weighted by atomic mass is 9.91. The molecule has 2 unspecified atom stereocenters. The lowest BCUT2D eigenvalue weighted by molar-refractivity contribution is -0.146. The summed E-state index contributed by atoms with van der Waals surface area (Å²) in [6.45, 7) is 1.91. The minimum absolute atomic E-state index is 0.0845. The van der Waals surface area contributed by atoms with Crippen molar-refractivity contribution >= 4 is 11.9 Å². The maximum absolute atomic E-state index is 12.5. The first-order valence-corrected chi connectivity index (χ1v) is 6.37. The number of amides is 1.